The summed E-state index contributed by atoms with van der Waals surface area (Å²) < 4.78 is 33.8. The lowest BCUT2D eigenvalue weighted by atomic mass is 10.1. The Morgan fingerprint density at radius 3 is 2.43 bits per heavy atom. The molecule has 0 aliphatic carbocycles. The quantitative estimate of drug-likeness (QED) is 0.204. The molecule has 1 saturated heterocycles. The van der Waals surface area contributed by atoms with E-state index in [1.807, 2.05) is 43.3 Å². The van der Waals surface area contributed by atoms with Crippen LogP contribution in [0.3, 0.4) is 0 Å². The van der Waals surface area contributed by atoms with Crippen LogP contribution in [0.5, 0.6) is 17.2 Å². The van der Waals surface area contributed by atoms with Gasteiger partial charge in [0.25, 0.3) is 0 Å². The van der Waals surface area contributed by atoms with Crippen molar-refractivity contribution in [2.24, 2.45) is 0 Å². The number of hydrogen-bond acceptors (Lipinski definition) is 9. The summed E-state index contributed by atoms with van der Waals surface area (Å²) in [7, 11) is 3.43. The molecule has 0 atom stereocenters. The number of benzene rings is 2. The van der Waals surface area contributed by atoms with Crippen molar-refractivity contribution in [2.45, 2.75) is 32.4 Å². The van der Waals surface area contributed by atoms with Gasteiger partial charge in [0.15, 0.2) is 0 Å². The minimum Gasteiger partial charge on any atom is -0.489 e. The van der Waals surface area contributed by atoms with Crippen LogP contribution in [0, 0.1) is 12.7 Å². The van der Waals surface area contributed by atoms with E-state index in [0.717, 1.165) is 59.5 Å². The summed E-state index contributed by atoms with van der Waals surface area (Å²) in [6.07, 6.45) is 7.18. The standard InChI is InChI=1S/C30H28FN5O3.C4H9NO2/c1-19-2-3-20(15-33-19)17-38-25-12-22(31)13-26(14-25)39-24-6-4-21(5-7-24)27-16-36(23-8-10-37-11-9-23)30-28(27)29(32)34-18-35-30;1-5(2)3-4(6)7/h2-7,12-16,18,23H,8-11,17H2,1H3,(H2,32,34,35);3H2,1-2H3,(H,6,7). The van der Waals surface area contributed by atoms with Gasteiger partial charge in [0.2, 0.25) is 0 Å². The van der Waals surface area contributed by atoms with Crippen LogP contribution in [0.2, 0.25) is 0 Å². The Bertz CT molecular complexity index is 1770. The number of likely N-dealkylation sites (N-methyl/N-ethyl adjacent to an activating group) is 1. The second-order valence-corrected chi connectivity index (χ2v) is 11.2. The van der Waals surface area contributed by atoms with Crippen LogP contribution in [0.1, 0.15) is 30.1 Å². The average molecular weight is 629 g/mol. The molecule has 3 aromatic heterocycles. The van der Waals surface area contributed by atoms with E-state index in [-0.39, 0.29) is 13.2 Å². The zero-order valence-electron chi connectivity index (χ0n) is 26.0. The molecule has 5 aromatic rings. The van der Waals surface area contributed by atoms with Gasteiger partial charge in [-0.1, -0.05) is 18.2 Å². The number of halogens is 1. The minimum atomic E-state index is -0.787. The van der Waals surface area contributed by atoms with Gasteiger partial charge >= 0.3 is 5.97 Å². The van der Waals surface area contributed by atoms with Crippen LogP contribution in [-0.2, 0) is 16.1 Å². The summed E-state index contributed by atoms with van der Waals surface area (Å²) >= 11 is 0. The lowest BCUT2D eigenvalue weighted by Gasteiger charge is -2.24. The van der Waals surface area contributed by atoms with Gasteiger partial charge in [0.05, 0.1) is 11.9 Å². The Hall–Kier alpha value is -5.07. The normalized spacial score (nSPS) is 13.3. The van der Waals surface area contributed by atoms with Crippen molar-refractivity contribution >= 4 is 22.8 Å². The maximum atomic E-state index is 14.3. The van der Waals surface area contributed by atoms with Crippen molar-refractivity contribution in [1.29, 1.82) is 0 Å². The number of nitrogens with two attached hydrogens (primary N) is 1. The van der Waals surface area contributed by atoms with E-state index < -0.39 is 11.8 Å². The molecule has 11 nitrogen and oxygen atoms in total. The number of nitrogen functional groups attached to an aromatic ring is 1. The Morgan fingerprint density at radius 1 is 1.04 bits per heavy atom. The van der Waals surface area contributed by atoms with E-state index in [9.17, 15) is 9.18 Å². The van der Waals surface area contributed by atoms with Crippen molar-refractivity contribution in [3.8, 4) is 28.4 Å². The highest BCUT2D eigenvalue weighted by atomic mass is 19.1. The van der Waals surface area contributed by atoms with E-state index in [0.29, 0.717) is 29.1 Å². The summed E-state index contributed by atoms with van der Waals surface area (Å²) in [6, 6.07) is 16.0. The molecule has 12 heteroatoms. The fourth-order valence-corrected chi connectivity index (χ4v) is 5.11. The van der Waals surface area contributed by atoms with E-state index in [1.165, 1.54) is 18.5 Å². The molecule has 0 radical (unpaired) electrons. The highest BCUT2D eigenvalue weighted by molar-refractivity contribution is 6.00. The SMILES string of the molecule is CN(C)CC(=O)O.Cc1ccc(COc2cc(F)cc(Oc3ccc(-c4cn(C5CCOCC5)c5ncnc(N)c45)cc3)c2)cn1. The van der Waals surface area contributed by atoms with Gasteiger partial charge < -0.3 is 29.6 Å². The van der Waals surface area contributed by atoms with Crippen LogP contribution in [0.25, 0.3) is 22.2 Å². The predicted octanol–water partition coefficient (Wildman–Crippen LogP) is 5.88. The minimum absolute atomic E-state index is 0.111. The Morgan fingerprint density at radius 2 is 1.78 bits per heavy atom. The number of hydrogen-bond donors (Lipinski definition) is 2. The van der Waals surface area contributed by atoms with Gasteiger partial charge in [-0.3, -0.25) is 14.7 Å². The fraction of sp³-hybridized carbons (Fsp3) is 0.294. The van der Waals surface area contributed by atoms with Crippen LogP contribution >= 0.6 is 0 Å². The third kappa shape index (κ3) is 8.34. The highest BCUT2D eigenvalue weighted by Gasteiger charge is 2.22. The highest BCUT2D eigenvalue weighted by Crippen LogP contribution is 2.37. The first-order valence-electron chi connectivity index (χ1n) is 14.8. The zero-order chi connectivity index (χ0) is 32.6. The van der Waals surface area contributed by atoms with Crippen LogP contribution in [-0.4, -0.2) is 69.3 Å². The molecule has 0 spiro atoms. The number of fused-ring (bicyclic) bond motifs is 1. The molecule has 1 aliphatic heterocycles. The van der Waals surface area contributed by atoms with Crippen LogP contribution in [0.4, 0.5) is 10.2 Å². The molecule has 0 saturated carbocycles. The first kappa shape index (κ1) is 32.3. The number of rotatable bonds is 9. The molecule has 46 heavy (non-hydrogen) atoms. The van der Waals surface area contributed by atoms with Gasteiger partial charge in [0.1, 0.15) is 47.5 Å². The smallest absolute Gasteiger partial charge is 0.317 e. The molecule has 6 rings (SSSR count). The second-order valence-electron chi connectivity index (χ2n) is 11.2. The largest absolute Gasteiger partial charge is 0.489 e. The molecule has 1 aliphatic rings. The zero-order valence-corrected chi connectivity index (χ0v) is 26.0. The van der Waals surface area contributed by atoms with Gasteiger partial charge in [-0.15, -0.1) is 0 Å². The summed E-state index contributed by atoms with van der Waals surface area (Å²) in [5.41, 5.74) is 10.8. The third-order valence-corrected chi connectivity index (χ3v) is 7.30. The number of carboxylic acids is 1. The maximum absolute atomic E-state index is 14.3. The van der Waals surface area contributed by atoms with Crippen molar-refractivity contribution < 1.29 is 28.5 Å². The molecule has 4 heterocycles. The topological polar surface area (TPSA) is 138 Å². The second kappa shape index (κ2) is 14.8. The summed E-state index contributed by atoms with van der Waals surface area (Å²) in [5, 5.41) is 8.87. The van der Waals surface area contributed by atoms with Crippen molar-refractivity contribution in [2.75, 3.05) is 39.6 Å². The molecule has 1 fully saturated rings. The summed E-state index contributed by atoms with van der Waals surface area (Å²) in [6.45, 7) is 3.76. The fourth-order valence-electron chi connectivity index (χ4n) is 5.11. The van der Waals surface area contributed by atoms with Crippen LogP contribution in [0.15, 0.2) is 73.3 Å². The molecule has 0 unspecified atom stereocenters. The number of carbonyl (C=O) groups is 1. The van der Waals surface area contributed by atoms with Crippen molar-refractivity contribution in [3.63, 3.8) is 0 Å². The molecular weight excluding hydrogens is 591 g/mol. The molecule has 240 valence electrons. The number of carboxylic acid groups (broad SMARTS) is 1. The lowest BCUT2D eigenvalue weighted by Crippen LogP contribution is -2.20. The maximum Gasteiger partial charge on any atom is 0.317 e. The number of aromatic nitrogens is 4. The molecule has 0 amide bonds. The number of anilines is 1. The van der Waals surface area contributed by atoms with Crippen LogP contribution < -0.4 is 15.2 Å². The summed E-state index contributed by atoms with van der Waals surface area (Å²) in [4.78, 5) is 24.4. The van der Waals surface area contributed by atoms with Gasteiger partial charge in [-0.05, 0) is 57.6 Å². The third-order valence-electron chi connectivity index (χ3n) is 7.30. The van der Waals surface area contributed by atoms with Gasteiger partial charge in [-0.25, -0.2) is 14.4 Å². The monoisotopic (exact) mass is 628 g/mol. The van der Waals surface area contributed by atoms with E-state index in [2.05, 4.69) is 25.7 Å². The first-order chi connectivity index (χ1) is 22.2. The number of pyridine rings is 1. The molecular formula is C34H37FN6O5. The van der Waals surface area contributed by atoms with E-state index in [1.54, 1.807) is 31.3 Å². The van der Waals surface area contributed by atoms with E-state index >= 15 is 0 Å². The van der Waals surface area contributed by atoms with Crippen molar-refractivity contribution in [1.82, 2.24) is 24.4 Å². The number of aryl methyl sites for hydroxylation is 1. The molecule has 3 N–H and O–H groups in total. The van der Waals surface area contributed by atoms with Crippen molar-refractivity contribution in [3.05, 3.63) is 90.4 Å². The van der Waals surface area contributed by atoms with Gasteiger partial charge in [0, 0.05) is 66.7 Å². The Balaban J connectivity index is 0.000000537. The first-order valence-corrected chi connectivity index (χ1v) is 14.8. The average Bonchev–Trinajstić information content (AvgIpc) is 3.42. The Labute approximate surface area is 266 Å². The number of nitrogens with zero attached hydrogens (tertiary/aromatic N) is 5. The van der Waals surface area contributed by atoms with Gasteiger partial charge in [-0.2, -0.15) is 0 Å². The number of ether oxygens (including phenoxy) is 3. The molecule has 2 aromatic carbocycles. The molecule has 0 bridgehead atoms. The number of aliphatic carboxylic acids is 1. The van der Waals surface area contributed by atoms with E-state index in [4.69, 9.17) is 25.1 Å². The Kier molecular flexibility index (Phi) is 10.4. The lowest BCUT2D eigenvalue weighted by molar-refractivity contribution is -0.137. The summed E-state index contributed by atoms with van der Waals surface area (Å²) in [5.74, 6) is 0.486. The predicted molar refractivity (Wildman–Crippen MR) is 172 cm³/mol.